The maximum Gasteiger partial charge on any atom is 0.251 e. The quantitative estimate of drug-likeness (QED) is 0.423. The lowest BCUT2D eigenvalue weighted by molar-refractivity contribution is -0.116. The lowest BCUT2D eigenvalue weighted by Gasteiger charge is -2.34. The Hall–Kier alpha value is -4.02. The smallest absolute Gasteiger partial charge is 0.251 e. The zero-order valence-corrected chi connectivity index (χ0v) is 23.6. The Morgan fingerprint density at radius 3 is 2.76 bits per heavy atom. The van der Waals surface area contributed by atoms with Gasteiger partial charge in [0, 0.05) is 86.0 Å². The molecule has 7 rings (SSSR count). The normalized spacial score (nSPS) is 22.8. The van der Waals surface area contributed by atoms with E-state index in [2.05, 4.69) is 32.3 Å². The molecule has 3 aromatic rings. The second-order valence-corrected chi connectivity index (χ2v) is 11.5. The van der Waals surface area contributed by atoms with Gasteiger partial charge in [0.2, 0.25) is 5.91 Å². The van der Waals surface area contributed by atoms with E-state index < -0.39 is 0 Å². The fourth-order valence-corrected chi connectivity index (χ4v) is 6.37. The van der Waals surface area contributed by atoms with E-state index in [9.17, 15) is 14.0 Å². The number of rotatable bonds is 8. The molecule has 4 aliphatic rings. The van der Waals surface area contributed by atoms with Crippen molar-refractivity contribution in [1.82, 2.24) is 20.1 Å². The van der Waals surface area contributed by atoms with Crippen LogP contribution in [0.5, 0.6) is 17.2 Å². The summed E-state index contributed by atoms with van der Waals surface area (Å²) in [4.78, 5) is 33.5. The SMILES string of the molecule is CCN1CCN(Cc2ccc(C(=O)NCC3C4Oc5ccc(Oc6ccnc7c6CCC(=O)N7)cc5C34)cc2F)CC1. The fourth-order valence-electron chi connectivity index (χ4n) is 6.37. The van der Waals surface area contributed by atoms with Crippen LogP contribution in [0.15, 0.2) is 48.7 Å². The first kappa shape index (κ1) is 26.9. The van der Waals surface area contributed by atoms with Crippen molar-refractivity contribution in [2.75, 3.05) is 44.6 Å². The van der Waals surface area contributed by atoms with E-state index in [1.165, 1.54) is 6.07 Å². The molecule has 1 saturated carbocycles. The number of piperazine rings is 1. The van der Waals surface area contributed by atoms with E-state index >= 15 is 0 Å². The number of hydrogen-bond donors (Lipinski definition) is 2. The Balaban J connectivity index is 0.951. The number of carbonyl (C=O) groups is 2. The first-order valence-electron chi connectivity index (χ1n) is 14.7. The van der Waals surface area contributed by atoms with Crippen molar-refractivity contribution in [2.45, 2.75) is 38.3 Å². The van der Waals surface area contributed by atoms with Crippen LogP contribution in [0.1, 0.15) is 46.3 Å². The van der Waals surface area contributed by atoms with Crippen molar-refractivity contribution < 1.29 is 23.5 Å². The van der Waals surface area contributed by atoms with Crippen LogP contribution in [0.4, 0.5) is 10.2 Å². The van der Waals surface area contributed by atoms with Gasteiger partial charge in [-0.1, -0.05) is 13.0 Å². The van der Waals surface area contributed by atoms with Crippen molar-refractivity contribution in [3.8, 4) is 17.2 Å². The molecule has 1 aromatic heterocycles. The third-order valence-electron chi connectivity index (χ3n) is 8.92. The third-order valence-corrected chi connectivity index (χ3v) is 8.92. The summed E-state index contributed by atoms with van der Waals surface area (Å²) in [5, 5.41) is 5.78. The highest BCUT2D eigenvalue weighted by Crippen LogP contribution is 2.58. The highest BCUT2D eigenvalue weighted by molar-refractivity contribution is 5.94. The molecule has 0 radical (unpaired) electrons. The number of carbonyl (C=O) groups excluding carboxylic acids is 2. The van der Waals surface area contributed by atoms with Gasteiger partial charge in [-0.3, -0.25) is 14.5 Å². The molecule has 4 heterocycles. The summed E-state index contributed by atoms with van der Waals surface area (Å²) >= 11 is 0. The number of ether oxygens (including phenoxy) is 2. The Kier molecular flexibility index (Phi) is 7.03. The molecule has 1 saturated heterocycles. The van der Waals surface area contributed by atoms with Crippen molar-refractivity contribution >= 4 is 17.6 Å². The summed E-state index contributed by atoms with van der Waals surface area (Å²) in [7, 11) is 0. The maximum absolute atomic E-state index is 14.9. The van der Waals surface area contributed by atoms with E-state index in [4.69, 9.17) is 9.47 Å². The number of likely N-dealkylation sites (N-methyl/N-ethyl adjacent to an activating group) is 1. The van der Waals surface area contributed by atoms with Crippen LogP contribution in [0.2, 0.25) is 0 Å². The lowest BCUT2D eigenvalue weighted by Crippen LogP contribution is -2.45. The molecule has 42 heavy (non-hydrogen) atoms. The number of nitrogens with one attached hydrogen (secondary N) is 2. The second kappa shape index (κ2) is 11.0. The molecule has 10 heteroatoms. The molecule has 9 nitrogen and oxygen atoms in total. The highest BCUT2D eigenvalue weighted by Gasteiger charge is 2.58. The lowest BCUT2D eigenvalue weighted by atomic mass is 10.1. The number of benzene rings is 2. The summed E-state index contributed by atoms with van der Waals surface area (Å²) in [5.74, 6) is 2.38. The van der Waals surface area contributed by atoms with Gasteiger partial charge >= 0.3 is 0 Å². The van der Waals surface area contributed by atoms with Crippen LogP contribution in [0.25, 0.3) is 0 Å². The Morgan fingerprint density at radius 2 is 1.95 bits per heavy atom. The number of pyridine rings is 1. The van der Waals surface area contributed by atoms with Gasteiger partial charge in [0.1, 0.15) is 35.0 Å². The van der Waals surface area contributed by atoms with Crippen LogP contribution < -0.4 is 20.1 Å². The predicted molar refractivity (Wildman–Crippen MR) is 154 cm³/mol. The van der Waals surface area contributed by atoms with Gasteiger partial charge < -0.3 is 25.0 Å². The van der Waals surface area contributed by atoms with Gasteiger partial charge in [-0.25, -0.2) is 9.37 Å². The number of fused-ring (bicyclic) bond motifs is 4. The average Bonchev–Trinajstić information content (AvgIpc) is 3.55. The number of nitrogens with zero attached hydrogens (tertiary/aromatic N) is 3. The molecule has 3 aliphatic heterocycles. The van der Waals surface area contributed by atoms with Crippen LogP contribution in [-0.4, -0.2) is 72.0 Å². The molecule has 3 atom stereocenters. The van der Waals surface area contributed by atoms with Gasteiger partial charge in [0.25, 0.3) is 5.91 Å². The molecule has 3 unspecified atom stereocenters. The maximum atomic E-state index is 14.9. The van der Waals surface area contributed by atoms with Gasteiger partial charge in [-0.2, -0.15) is 0 Å². The monoisotopic (exact) mass is 571 g/mol. The van der Waals surface area contributed by atoms with Gasteiger partial charge in [0.05, 0.1) is 0 Å². The van der Waals surface area contributed by atoms with Crippen molar-refractivity contribution in [3.63, 3.8) is 0 Å². The minimum atomic E-state index is -0.341. The molecule has 218 valence electrons. The number of amides is 2. The summed E-state index contributed by atoms with van der Waals surface area (Å²) in [6.45, 7) is 8.04. The average molecular weight is 572 g/mol. The van der Waals surface area contributed by atoms with Crippen molar-refractivity contribution in [2.24, 2.45) is 5.92 Å². The molecule has 2 aromatic carbocycles. The summed E-state index contributed by atoms with van der Waals surface area (Å²) < 4.78 is 27.3. The van der Waals surface area contributed by atoms with Crippen molar-refractivity contribution in [3.05, 3.63) is 76.7 Å². The third kappa shape index (κ3) is 5.20. The molecule has 1 aliphatic carbocycles. The van der Waals surface area contributed by atoms with Crippen LogP contribution in [0.3, 0.4) is 0 Å². The first-order valence-corrected chi connectivity index (χ1v) is 14.7. The van der Waals surface area contributed by atoms with Gasteiger partial charge in [0.15, 0.2) is 0 Å². The van der Waals surface area contributed by atoms with E-state index in [1.807, 2.05) is 18.2 Å². The molecular formula is C32H34FN5O4. The predicted octanol–water partition coefficient (Wildman–Crippen LogP) is 3.94. The minimum Gasteiger partial charge on any atom is -0.489 e. The standard InChI is InChI=1S/C32H34FN5O4/c1-2-37-11-13-38(14-12-37)18-20-4-3-19(15-25(20)33)32(40)35-17-24-29-23-16-21(5-7-26(23)42-30(24)29)41-27-9-10-34-31-22(27)6-8-28(39)36-31/h3-5,7,9-10,15-16,24,29-30H,2,6,8,11-14,17-18H2,1H3,(H,35,40)(H,34,36,39). The number of hydrogen-bond acceptors (Lipinski definition) is 7. The zero-order valence-electron chi connectivity index (χ0n) is 23.6. The second-order valence-electron chi connectivity index (χ2n) is 11.5. The largest absolute Gasteiger partial charge is 0.489 e. The van der Waals surface area contributed by atoms with E-state index in [0.29, 0.717) is 54.4 Å². The fraction of sp³-hybridized carbons (Fsp3) is 0.406. The molecule has 0 bridgehead atoms. The molecule has 2 fully saturated rings. The van der Waals surface area contributed by atoms with Crippen LogP contribution in [-0.2, 0) is 17.8 Å². The molecule has 0 spiro atoms. The number of halogens is 1. The van der Waals surface area contributed by atoms with E-state index in [-0.39, 0.29) is 35.6 Å². The van der Waals surface area contributed by atoms with E-state index in [0.717, 1.165) is 49.6 Å². The van der Waals surface area contributed by atoms with Crippen molar-refractivity contribution in [1.29, 1.82) is 0 Å². The Labute approximate surface area is 244 Å². The molecule has 2 amide bonds. The molecular weight excluding hydrogens is 537 g/mol. The van der Waals surface area contributed by atoms with Gasteiger partial charge in [-0.05, 0) is 49.4 Å². The summed E-state index contributed by atoms with van der Waals surface area (Å²) in [5.41, 5.74) is 2.89. The Bertz CT molecular complexity index is 1540. The van der Waals surface area contributed by atoms with E-state index in [1.54, 1.807) is 24.4 Å². The number of anilines is 1. The van der Waals surface area contributed by atoms with Crippen LogP contribution in [0, 0.1) is 11.7 Å². The zero-order chi connectivity index (χ0) is 28.8. The minimum absolute atomic E-state index is 0.00624. The molecule has 2 N–H and O–H groups in total. The highest BCUT2D eigenvalue weighted by atomic mass is 19.1. The summed E-state index contributed by atoms with van der Waals surface area (Å²) in [6, 6.07) is 12.4. The first-order chi connectivity index (χ1) is 20.5. The Morgan fingerprint density at radius 1 is 1.12 bits per heavy atom. The summed E-state index contributed by atoms with van der Waals surface area (Å²) in [6.07, 6.45) is 2.61. The van der Waals surface area contributed by atoms with Crippen LogP contribution >= 0.6 is 0 Å². The van der Waals surface area contributed by atoms with Gasteiger partial charge in [-0.15, -0.1) is 0 Å². The number of aromatic nitrogens is 1. The topological polar surface area (TPSA) is 96.0 Å².